The van der Waals surface area contributed by atoms with Crippen LogP contribution < -0.4 is 0 Å². The van der Waals surface area contributed by atoms with Crippen LogP contribution >= 0.6 is 23.6 Å². The lowest BCUT2D eigenvalue weighted by atomic mass is 10.2. The molecule has 22 heavy (non-hydrogen) atoms. The molecule has 2 aromatic heterocycles. The molecule has 5 nitrogen and oxygen atoms in total. The Hall–Kier alpha value is -1.57. The molecule has 0 unspecified atom stereocenters. The highest BCUT2D eigenvalue weighted by Crippen LogP contribution is 2.22. The lowest BCUT2D eigenvalue weighted by molar-refractivity contribution is 0.243. The van der Waals surface area contributed by atoms with Crippen LogP contribution in [0.5, 0.6) is 0 Å². The van der Waals surface area contributed by atoms with Gasteiger partial charge < -0.3 is 0 Å². The van der Waals surface area contributed by atoms with E-state index in [1.807, 2.05) is 16.8 Å². The van der Waals surface area contributed by atoms with Gasteiger partial charge in [-0.25, -0.2) is 14.6 Å². The first kappa shape index (κ1) is 15.3. The number of hydrogen-bond donors (Lipinski definition) is 1. The molecule has 0 spiro atoms. The van der Waals surface area contributed by atoms with Gasteiger partial charge in [-0.2, -0.15) is 0 Å². The predicted octanol–water partition coefficient (Wildman–Crippen LogP) is 3.76. The molecule has 7 heteroatoms. The van der Waals surface area contributed by atoms with Crippen LogP contribution in [0.25, 0.3) is 10.2 Å². The van der Waals surface area contributed by atoms with Crippen molar-refractivity contribution in [2.45, 2.75) is 33.0 Å². The Kier molecular flexibility index (Phi) is 4.37. The van der Waals surface area contributed by atoms with Crippen molar-refractivity contribution in [3.63, 3.8) is 0 Å². The van der Waals surface area contributed by atoms with E-state index in [1.54, 1.807) is 11.3 Å². The average Bonchev–Trinajstić information content (AvgIpc) is 3.02. The molecule has 0 bridgehead atoms. The zero-order chi connectivity index (χ0) is 15.7. The van der Waals surface area contributed by atoms with Gasteiger partial charge in [0, 0.05) is 5.92 Å². The van der Waals surface area contributed by atoms with Crippen molar-refractivity contribution in [3.05, 3.63) is 39.9 Å². The maximum Gasteiger partial charge on any atom is 0.217 e. The zero-order valence-electron chi connectivity index (χ0n) is 12.9. The van der Waals surface area contributed by atoms with E-state index in [2.05, 4.69) is 53.0 Å². The second kappa shape index (κ2) is 6.28. The quantitative estimate of drug-likeness (QED) is 0.722. The summed E-state index contributed by atoms with van der Waals surface area (Å²) in [5.41, 5.74) is 1.07. The molecule has 1 aromatic carbocycles. The summed E-state index contributed by atoms with van der Waals surface area (Å²) in [5.74, 6) is 1.27. The van der Waals surface area contributed by atoms with Crippen LogP contribution in [0.15, 0.2) is 24.3 Å². The second-order valence-electron chi connectivity index (χ2n) is 5.71. The SMILES string of the molecule is CC(C)c1nc(=S)n(CN(C)Cc2nc3ccccc3s2)[nH]1. The number of thiazole rings is 1. The Morgan fingerprint density at radius 3 is 2.77 bits per heavy atom. The molecule has 0 fully saturated rings. The summed E-state index contributed by atoms with van der Waals surface area (Å²) in [6, 6.07) is 8.23. The summed E-state index contributed by atoms with van der Waals surface area (Å²) in [6.45, 7) is 5.66. The summed E-state index contributed by atoms with van der Waals surface area (Å²) < 4.78 is 3.73. The molecule has 0 aliphatic carbocycles. The van der Waals surface area contributed by atoms with Crippen molar-refractivity contribution in [2.24, 2.45) is 0 Å². The topological polar surface area (TPSA) is 49.7 Å². The summed E-state index contributed by atoms with van der Waals surface area (Å²) >= 11 is 7.05. The van der Waals surface area contributed by atoms with Crippen molar-refractivity contribution in [1.29, 1.82) is 0 Å². The van der Waals surface area contributed by atoms with E-state index < -0.39 is 0 Å². The molecule has 0 atom stereocenters. The first-order valence-electron chi connectivity index (χ1n) is 7.22. The van der Waals surface area contributed by atoms with Crippen LogP contribution in [0.3, 0.4) is 0 Å². The summed E-state index contributed by atoms with van der Waals surface area (Å²) in [7, 11) is 2.06. The fourth-order valence-corrected chi connectivity index (χ4v) is 3.49. The summed E-state index contributed by atoms with van der Waals surface area (Å²) in [6.07, 6.45) is 0. The lowest BCUT2D eigenvalue weighted by Crippen LogP contribution is -2.22. The van der Waals surface area contributed by atoms with Crippen LogP contribution in [0.2, 0.25) is 0 Å². The largest absolute Gasteiger partial charge is 0.282 e. The van der Waals surface area contributed by atoms with Crippen LogP contribution in [0.1, 0.15) is 30.6 Å². The molecule has 0 radical (unpaired) electrons. The number of fused-ring (bicyclic) bond motifs is 1. The normalized spacial score (nSPS) is 11.9. The molecule has 0 amide bonds. The molecular formula is C15H19N5S2. The molecular weight excluding hydrogens is 314 g/mol. The van der Waals surface area contributed by atoms with Gasteiger partial charge in [0.15, 0.2) is 0 Å². The average molecular weight is 333 g/mol. The second-order valence-corrected chi connectivity index (χ2v) is 7.19. The van der Waals surface area contributed by atoms with Crippen molar-refractivity contribution in [1.82, 2.24) is 24.6 Å². The van der Waals surface area contributed by atoms with Crippen LogP contribution in [-0.2, 0) is 13.2 Å². The monoisotopic (exact) mass is 333 g/mol. The highest BCUT2D eigenvalue weighted by molar-refractivity contribution is 7.71. The lowest BCUT2D eigenvalue weighted by Gasteiger charge is -2.15. The van der Waals surface area contributed by atoms with Gasteiger partial charge in [-0.15, -0.1) is 11.3 Å². The molecule has 0 aliphatic rings. The number of aromatic amines is 1. The van der Waals surface area contributed by atoms with Crippen LogP contribution in [0.4, 0.5) is 0 Å². The number of nitrogens with one attached hydrogen (secondary N) is 1. The molecule has 3 aromatic rings. The van der Waals surface area contributed by atoms with Gasteiger partial charge in [0.05, 0.1) is 23.4 Å². The number of H-pyrrole nitrogens is 1. The van der Waals surface area contributed by atoms with E-state index in [0.717, 1.165) is 22.9 Å². The van der Waals surface area contributed by atoms with Crippen LogP contribution in [-0.4, -0.2) is 31.7 Å². The number of para-hydroxylation sites is 1. The van der Waals surface area contributed by atoms with Gasteiger partial charge in [0.25, 0.3) is 0 Å². The first-order chi connectivity index (χ1) is 10.5. The Morgan fingerprint density at radius 1 is 1.32 bits per heavy atom. The summed E-state index contributed by atoms with van der Waals surface area (Å²) in [5, 5.41) is 4.38. The van der Waals surface area contributed by atoms with Crippen molar-refractivity contribution >= 4 is 33.8 Å². The number of rotatable bonds is 5. The Labute approximate surface area is 138 Å². The molecule has 1 N–H and O–H groups in total. The third kappa shape index (κ3) is 3.26. The molecule has 2 heterocycles. The maximum atomic E-state index is 5.31. The number of hydrogen-bond acceptors (Lipinski definition) is 5. The summed E-state index contributed by atoms with van der Waals surface area (Å²) in [4.78, 5) is 11.2. The predicted molar refractivity (Wildman–Crippen MR) is 92.6 cm³/mol. The van der Waals surface area contributed by atoms with Gasteiger partial charge in [-0.1, -0.05) is 26.0 Å². The fraction of sp³-hybridized carbons (Fsp3) is 0.400. The minimum atomic E-state index is 0.345. The molecule has 3 rings (SSSR count). The highest BCUT2D eigenvalue weighted by Gasteiger charge is 2.10. The standard InChI is InChI=1S/C15H19N5S2/c1-10(2)14-17-15(21)20(18-14)9-19(3)8-13-16-11-6-4-5-7-12(11)22-13/h4-7,10H,8-9H2,1-3H3,(H,17,18,21). The van der Waals surface area contributed by atoms with E-state index in [0.29, 0.717) is 17.4 Å². The van der Waals surface area contributed by atoms with E-state index in [-0.39, 0.29) is 0 Å². The highest BCUT2D eigenvalue weighted by atomic mass is 32.1. The smallest absolute Gasteiger partial charge is 0.217 e. The molecule has 0 saturated heterocycles. The fourth-order valence-electron chi connectivity index (χ4n) is 2.24. The van der Waals surface area contributed by atoms with E-state index in [9.17, 15) is 0 Å². The maximum absolute atomic E-state index is 5.31. The van der Waals surface area contributed by atoms with Crippen LogP contribution in [0, 0.1) is 4.77 Å². The number of aromatic nitrogens is 4. The minimum absolute atomic E-state index is 0.345. The van der Waals surface area contributed by atoms with Gasteiger partial charge in [-0.05, 0) is 31.4 Å². The van der Waals surface area contributed by atoms with E-state index in [1.165, 1.54) is 4.70 Å². The third-order valence-corrected chi connectivity index (χ3v) is 4.70. The van der Waals surface area contributed by atoms with Crippen molar-refractivity contribution in [3.8, 4) is 0 Å². The number of nitrogens with zero attached hydrogens (tertiary/aromatic N) is 4. The Morgan fingerprint density at radius 2 is 2.09 bits per heavy atom. The van der Waals surface area contributed by atoms with E-state index >= 15 is 0 Å². The Balaban J connectivity index is 1.72. The Bertz CT molecular complexity index is 797. The number of benzene rings is 1. The van der Waals surface area contributed by atoms with Gasteiger partial charge in [-0.3, -0.25) is 10.00 Å². The van der Waals surface area contributed by atoms with Gasteiger partial charge in [0.1, 0.15) is 10.8 Å². The van der Waals surface area contributed by atoms with Gasteiger partial charge in [0.2, 0.25) is 4.77 Å². The third-order valence-electron chi connectivity index (χ3n) is 3.37. The zero-order valence-corrected chi connectivity index (χ0v) is 14.5. The minimum Gasteiger partial charge on any atom is -0.282 e. The van der Waals surface area contributed by atoms with Crippen molar-refractivity contribution < 1.29 is 0 Å². The first-order valence-corrected chi connectivity index (χ1v) is 8.45. The molecule has 116 valence electrons. The van der Waals surface area contributed by atoms with Gasteiger partial charge >= 0.3 is 0 Å². The van der Waals surface area contributed by atoms with E-state index in [4.69, 9.17) is 12.2 Å². The van der Waals surface area contributed by atoms with Crippen molar-refractivity contribution in [2.75, 3.05) is 7.05 Å². The molecule has 0 saturated carbocycles. The molecule has 0 aliphatic heterocycles.